The molecule has 0 atom stereocenters. The second-order valence-corrected chi connectivity index (χ2v) is 6.15. The first-order valence-electron chi connectivity index (χ1n) is 8.94. The van der Waals surface area contributed by atoms with E-state index in [1.807, 2.05) is 42.5 Å². The van der Waals surface area contributed by atoms with Crippen LogP contribution in [0.1, 0.15) is 5.56 Å². The Kier molecular flexibility index (Phi) is 8.38. The number of halogens is 4. The van der Waals surface area contributed by atoms with Gasteiger partial charge in [0.05, 0.1) is 0 Å². The molecule has 30 heavy (non-hydrogen) atoms. The van der Waals surface area contributed by atoms with E-state index in [-0.39, 0.29) is 31.3 Å². The van der Waals surface area contributed by atoms with E-state index in [1.165, 1.54) is 18.2 Å². The lowest BCUT2D eigenvalue weighted by molar-refractivity contribution is -0.275. The minimum absolute atomic E-state index is 0. The number of benzene rings is 3. The van der Waals surface area contributed by atoms with Crippen molar-refractivity contribution in [3.8, 4) is 28.4 Å². The molecular weight excluding hydrogens is 419 g/mol. The Morgan fingerprint density at radius 2 is 1.43 bits per heavy atom. The SMILES string of the molecule is Cl.NCCOc1cc(-c2ccc(OCc3ccccc3)cc2)ccc1OC(F)(F)F. The van der Waals surface area contributed by atoms with Crippen LogP contribution in [0.2, 0.25) is 0 Å². The Morgan fingerprint density at radius 3 is 2.07 bits per heavy atom. The van der Waals surface area contributed by atoms with Gasteiger partial charge in [-0.15, -0.1) is 25.6 Å². The molecule has 2 N–H and O–H groups in total. The van der Waals surface area contributed by atoms with Gasteiger partial charge in [0.15, 0.2) is 11.5 Å². The summed E-state index contributed by atoms with van der Waals surface area (Å²) >= 11 is 0. The Labute approximate surface area is 178 Å². The van der Waals surface area contributed by atoms with Crippen molar-refractivity contribution in [3.05, 3.63) is 78.4 Å². The smallest absolute Gasteiger partial charge is 0.489 e. The average Bonchev–Trinajstić information content (AvgIpc) is 2.71. The zero-order valence-electron chi connectivity index (χ0n) is 15.9. The maximum atomic E-state index is 12.6. The van der Waals surface area contributed by atoms with Gasteiger partial charge < -0.3 is 19.9 Å². The van der Waals surface area contributed by atoms with Crippen LogP contribution in [0.5, 0.6) is 17.2 Å². The molecule has 0 unspecified atom stereocenters. The molecule has 0 spiro atoms. The van der Waals surface area contributed by atoms with Crippen molar-refractivity contribution in [2.45, 2.75) is 13.0 Å². The van der Waals surface area contributed by atoms with E-state index >= 15 is 0 Å². The highest BCUT2D eigenvalue weighted by molar-refractivity contribution is 5.85. The molecule has 0 aliphatic rings. The number of rotatable bonds is 8. The predicted octanol–water partition coefficient (Wildman–Crippen LogP) is 5.59. The van der Waals surface area contributed by atoms with Gasteiger partial charge in [-0.1, -0.05) is 48.5 Å². The molecule has 4 nitrogen and oxygen atoms in total. The number of ether oxygens (including phenoxy) is 3. The molecule has 0 amide bonds. The summed E-state index contributed by atoms with van der Waals surface area (Å²) in [6, 6.07) is 21.3. The second-order valence-electron chi connectivity index (χ2n) is 6.15. The molecule has 0 heterocycles. The molecule has 0 bridgehead atoms. The molecule has 0 aliphatic carbocycles. The van der Waals surface area contributed by atoms with Gasteiger partial charge in [-0.05, 0) is 41.0 Å². The maximum absolute atomic E-state index is 12.6. The van der Waals surface area contributed by atoms with E-state index in [9.17, 15) is 13.2 Å². The molecule has 0 aliphatic heterocycles. The lowest BCUT2D eigenvalue weighted by Gasteiger charge is -2.15. The molecule has 8 heteroatoms. The highest BCUT2D eigenvalue weighted by Gasteiger charge is 2.32. The van der Waals surface area contributed by atoms with Gasteiger partial charge in [0, 0.05) is 6.54 Å². The van der Waals surface area contributed by atoms with Crippen LogP contribution in [0, 0.1) is 0 Å². The largest absolute Gasteiger partial charge is 0.573 e. The first-order chi connectivity index (χ1) is 13.9. The zero-order chi connectivity index (χ0) is 20.7. The summed E-state index contributed by atoms with van der Waals surface area (Å²) in [7, 11) is 0. The van der Waals surface area contributed by atoms with Crippen LogP contribution in [0.4, 0.5) is 13.2 Å². The fourth-order valence-corrected chi connectivity index (χ4v) is 2.66. The molecule has 160 valence electrons. The molecule has 0 saturated carbocycles. The van der Waals surface area contributed by atoms with Crippen LogP contribution in [0.15, 0.2) is 72.8 Å². The Bertz CT molecular complexity index is 919. The molecule has 3 aromatic carbocycles. The third-order valence-corrected chi connectivity index (χ3v) is 3.98. The van der Waals surface area contributed by atoms with Crippen LogP contribution in [0.25, 0.3) is 11.1 Å². The monoisotopic (exact) mass is 439 g/mol. The summed E-state index contributed by atoms with van der Waals surface area (Å²) in [6.45, 7) is 0.688. The molecule has 0 fully saturated rings. The number of hydrogen-bond acceptors (Lipinski definition) is 4. The van der Waals surface area contributed by atoms with Crippen molar-refractivity contribution in [2.75, 3.05) is 13.2 Å². The van der Waals surface area contributed by atoms with Gasteiger partial charge in [-0.3, -0.25) is 0 Å². The molecular formula is C22H21ClF3NO3. The minimum Gasteiger partial charge on any atom is -0.489 e. The third-order valence-electron chi connectivity index (χ3n) is 3.98. The molecule has 3 aromatic rings. The van der Waals surface area contributed by atoms with E-state index in [4.69, 9.17) is 15.2 Å². The van der Waals surface area contributed by atoms with Crippen molar-refractivity contribution in [1.82, 2.24) is 0 Å². The molecule has 0 saturated heterocycles. The number of alkyl halides is 3. The van der Waals surface area contributed by atoms with Gasteiger partial charge >= 0.3 is 6.36 Å². The number of nitrogens with two attached hydrogens (primary N) is 1. The minimum atomic E-state index is -4.81. The fourth-order valence-electron chi connectivity index (χ4n) is 2.66. The topological polar surface area (TPSA) is 53.7 Å². The lowest BCUT2D eigenvalue weighted by Crippen LogP contribution is -2.18. The highest BCUT2D eigenvalue weighted by Crippen LogP contribution is 2.36. The Balaban J connectivity index is 0.00000320. The fraction of sp³-hybridized carbons (Fsp3) is 0.182. The first-order valence-corrected chi connectivity index (χ1v) is 8.94. The summed E-state index contributed by atoms with van der Waals surface area (Å²) in [4.78, 5) is 0. The quantitative estimate of drug-likeness (QED) is 0.497. The van der Waals surface area contributed by atoms with Gasteiger partial charge in [0.25, 0.3) is 0 Å². The normalized spacial score (nSPS) is 10.8. The van der Waals surface area contributed by atoms with E-state index in [0.29, 0.717) is 17.9 Å². The molecule has 3 rings (SSSR count). The summed E-state index contributed by atoms with van der Waals surface area (Å²) in [5, 5.41) is 0. The van der Waals surface area contributed by atoms with Crippen molar-refractivity contribution < 1.29 is 27.4 Å². The van der Waals surface area contributed by atoms with Gasteiger partial charge in [0.2, 0.25) is 0 Å². The van der Waals surface area contributed by atoms with Crippen molar-refractivity contribution >= 4 is 12.4 Å². The van der Waals surface area contributed by atoms with Crippen molar-refractivity contribution in [3.63, 3.8) is 0 Å². The van der Waals surface area contributed by atoms with E-state index < -0.39 is 12.1 Å². The Hall–Kier alpha value is -2.90. The van der Waals surface area contributed by atoms with Crippen LogP contribution >= 0.6 is 12.4 Å². The molecule has 0 aromatic heterocycles. The molecule has 0 radical (unpaired) electrons. The van der Waals surface area contributed by atoms with Crippen LogP contribution in [-0.2, 0) is 6.61 Å². The summed E-state index contributed by atoms with van der Waals surface area (Å²) < 4.78 is 52.9. The maximum Gasteiger partial charge on any atom is 0.573 e. The Morgan fingerprint density at radius 1 is 0.767 bits per heavy atom. The van der Waals surface area contributed by atoms with E-state index in [0.717, 1.165) is 11.1 Å². The summed E-state index contributed by atoms with van der Waals surface area (Å²) in [5.41, 5.74) is 7.92. The summed E-state index contributed by atoms with van der Waals surface area (Å²) in [6.07, 6.45) is -4.81. The van der Waals surface area contributed by atoms with Gasteiger partial charge in [-0.2, -0.15) is 0 Å². The van der Waals surface area contributed by atoms with E-state index in [1.54, 1.807) is 12.1 Å². The van der Waals surface area contributed by atoms with E-state index in [2.05, 4.69) is 4.74 Å². The van der Waals surface area contributed by atoms with Crippen molar-refractivity contribution in [2.24, 2.45) is 5.73 Å². The second kappa shape index (κ2) is 10.8. The third kappa shape index (κ3) is 6.86. The highest BCUT2D eigenvalue weighted by atomic mass is 35.5. The lowest BCUT2D eigenvalue weighted by atomic mass is 10.0. The van der Waals surface area contributed by atoms with Crippen LogP contribution in [0.3, 0.4) is 0 Å². The van der Waals surface area contributed by atoms with Gasteiger partial charge in [-0.25, -0.2) is 0 Å². The predicted molar refractivity (Wildman–Crippen MR) is 111 cm³/mol. The number of hydrogen-bond donors (Lipinski definition) is 1. The standard InChI is InChI=1S/C22H20F3NO3.ClH/c23-22(24,25)29-20-11-8-18(14-21(20)27-13-12-26)17-6-9-19(10-7-17)28-15-16-4-2-1-3-5-16;/h1-11,14H,12-13,15,26H2;1H. The summed E-state index contributed by atoms with van der Waals surface area (Å²) in [5.74, 6) is 0.265. The van der Waals surface area contributed by atoms with Crippen LogP contribution < -0.4 is 19.9 Å². The van der Waals surface area contributed by atoms with Crippen LogP contribution in [-0.4, -0.2) is 19.5 Å². The first kappa shape index (κ1) is 23.4. The van der Waals surface area contributed by atoms with Crippen molar-refractivity contribution in [1.29, 1.82) is 0 Å². The van der Waals surface area contributed by atoms with Gasteiger partial charge in [0.1, 0.15) is 19.0 Å². The average molecular weight is 440 g/mol. The zero-order valence-corrected chi connectivity index (χ0v) is 16.7.